The number of primary amides is 1. The molecule has 0 bridgehead atoms. The van der Waals surface area contributed by atoms with Crippen LogP contribution in [0.4, 0.5) is 0 Å². The van der Waals surface area contributed by atoms with Gasteiger partial charge in [0.2, 0.25) is 11.8 Å². The molecule has 0 aromatic rings. The lowest BCUT2D eigenvalue weighted by atomic mass is 10.1. The lowest BCUT2D eigenvalue weighted by Crippen LogP contribution is -2.25. The van der Waals surface area contributed by atoms with E-state index in [2.05, 4.69) is 11.9 Å². The van der Waals surface area contributed by atoms with Gasteiger partial charge in [-0.15, -0.1) is 0 Å². The van der Waals surface area contributed by atoms with Crippen LogP contribution in [0.1, 0.15) is 27.2 Å². The second-order valence-electron chi connectivity index (χ2n) is 4.21. The van der Waals surface area contributed by atoms with Crippen molar-refractivity contribution in [3.63, 3.8) is 0 Å². The smallest absolute Gasteiger partial charge is 0.246 e. The van der Waals surface area contributed by atoms with Crippen LogP contribution in [0.5, 0.6) is 0 Å². The third-order valence-electron chi connectivity index (χ3n) is 2.47. The molecule has 0 radical (unpaired) electrons. The normalized spacial score (nSPS) is 11.7. The van der Waals surface area contributed by atoms with Gasteiger partial charge in [-0.25, -0.2) is 0 Å². The molecule has 0 aliphatic rings. The molecule has 0 saturated carbocycles. The number of hydrogen-bond donors (Lipinski definition) is 2. The van der Waals surface area contributed by atoms with Crippen molar-refractivity contribution in [1.29, 1.82) is 0 Å². The van der Waals surface area contributed by atoms with Crippen molar-refractivity contribution < 1.29 is 14.3 Å². The van der Waals surface area contributed by atoms with Crippen LogP contribution in [0.2, 0.25) is 0 Å². The first-order chi connectivity index (χ1) is 8.36. The molecule has 2 amide bonds. The number of amides is 2. The van der Waals surface area contributed by atoms with E-state index in [0.717, 1.165) is 5.57 Å². The van der Waals surface area contributed by atoms with Crippen molar-refractivity contribution in [3.05, 3.63) is 23.3 Å². The Bertz CT molecular complexity index is 359. The Morgan fingerprint density at radius 1 is 1.28 bits per heavy atom. The number of hydrogen-bond acceptors (Lipinski definition) is 3. The number of nitrogens with one attached hydrogen (secondary N) is 1. The van der Waals surface area contributed by atoms with Crippen LogP contribution >= 0.6 is 0 Å². The Morgan fingerprint density at radius 3 is 2.39 bits per heavy atom. The number of carbonyl (C=O) groups excluding carboxylic acids is 2. The van der Waals surface area contributed by atoms with Gasteiger partial charge in [-0.3, -0.25) is 9.59 Å². The summed E-state index contributed by atoms with van der Waals surface area (Å²) in [6, 6.07) is 0. The molecule has 0 aromatic carbocycles. The van der Waals surface area contributed by atoms with Crippen LogP contribution in [0.3, 0.4) is 0 Å². The molecule has 3 N–H and O–H groups in total. The molecule has 0 spiro atoms. The van der Waals surface area contributed by atoms with Crippen LogP contribution in [0.25, 0.3) is 0 Å². The summed E-state index contributed by atoms with van der Waals surface area (Å²) in [6.07, 6.45) is 0.710. The van der Waals surface area contributed by atoms with Gasteiger partial charge in [0, 0.05) is 24.3 Å². The topological polar surface area (TPSA) is 81.4 Å². The van der Waals surface area contributed by atoms with E-state index in [1.165, 1.54) is 0 Å². The fourth-order valence-corrected chi connectivity index (χ4v) is 1.07. The number of ether oxygens (including phenoxy) is 1. The maximum absolute atomic E-state index is 11.1. The van der Waals surface area contributed by atoms with Crippen LogP contribution in [-0.4, -0.2) is 31.6 Å². The first-order valence-corrected chi connectivity index (χ1v) is 5.83. The number of nitrogens with two attached hydrogens (primary N) is 1. The summed E-state index contributed by atoms with van der Waals surface area (Å²) in [4.78, 5) is 22.0. The quantitative estimate of drug-likeness (QED) is 0.499. The van der Waals surface area contributed by atoms with E-state index in [4.69, 9.17) is 10.5 Å². The fourth-order valence-electron chi connectivity index (χ4n) is 1.07. The molecule has 0 aliphatic carbocycles. The van der Waals surface area contributed by atoms with Crippen molar-refractivity contribution >= 4 is 11.8 Å². The average Bonchev–Trinajstić information content (AvgIpc) is 2.31. The molecule has 0 unspecified atom stereocenters. The highest BCUT2D eigenvalue weighted by molar-refractivity contribution is 5.92. The summed E-state index contributed by atoms with van der Waals surface area (Å²) < 4.78 is 5.37. The van der Waals surface area contributed by atoms with E-state index in [0.29, 0.717) is 37.3 Å². The zero-order valence-electron chi connectivity index (χ0n) is 11.3. The average molecular weight is 254 g/mol. The molecule has 0 fully saturated rings. The molecule has 18 heavy (non-hydrogen) atoms. The van der Waals surface area contributed by atoms with Gasteiger partial charge >= 0.3 is 0 Å². The minimum Gasteiger partial charge on any atom is -0.377 e. The van der Waals surface area contributed by atoms with Gasteiger partial charge in [-0.05, 0) is 32.8 Å². The number of carbonyl (C=O) groups is 2. The summed E-state index contributed by atoms with van der Waals surface area (Å²) in [6.45, 7) is 10.1. The van der Waals surface area contributed by atoms with Crippen molar-refractivity contribution in [2.24, 2.45) is 5.73 Å². The third-order valence-corrected chi connectivity index (χ3v) is 2.47. The summed E-state index contributed by atoms with van der Waals surface area (Å²) in [7, 11) is 0. The highest BCUT2D eigenvalue weighted by Crippen LogP contribution is 2.03. The Labute approximate surface area is 108 Å². The SMILES string of the molecule is C=C(C)C(=O)NCCCOCC(C)=C(C)C(N)=O. The monoisotopic (exact) mass is 254 g/mol. The minimum atomic E-state index is -0.426. The van der Waals surface area contributed by atoms with E-state index in [1.807, 2.05) is 6.92 Å². The standard InChI is InChI=1S/C13H22N2O3/c1-9(2)13(17)15-6-5-7-18-8-10(3)11(4)12(14)16/h1,5-8H2,2-4H3,(H2,14,16)(H,15,17). The Morgan fingerprint density at radius 2 is 1.89 bits per heavy atom. The largest absolute Gasteiger partial charge is 0.377 e. The second-order valence-corrected chi connectivity index (χ2v) is 4.21. The summed E-state index contributed by atoms with van der Waals surface area (Å²) in [5, 5.41) is 2.71. The zero-order chi connectivity index (χ0) is 14.1. The maximum atomic E-state index is 11.1. The predicted molar refractivity (Wildman–Crippen MR) is 70.8 cm³/mol. The van der Waals surface area contributed by atoms with E-state index < -0.39 is 5.91 Å². The summed E-state index contributed by atoms with van der Waals surface area (Å²) in [5.74, 6) is -0.569. The molecule has 0 heterocycles. The Kier molecular flexibility index (Phi) is 7.71. The van der Waals surface area contributed by atoms with Gasteiger partial charge in [-0.2, -0.15) is 0 Å². The van der Waals surface area contributed by atoms with E-state index in [-0.39, 0.29) is 5.91 Å². The van der Waals surface area contributed by atoms with Crippen molar-refractivity contribution in [2.45, 2.75) is 27.2 Å². The van der Waals surface area contributed by atoms with Gasteiger partial charge in [0.25, 0.3) is 0 Å². The molecule has 5 nitrogen and oxygen atoms in total. The van der Waals surface area contributed by atoms with Crippen molar-refractivity contribution in [3.8, 4) is 0 Å². The third kappa shape index (κ3) is 6.85. The zero-order valence-corrected chi connectivity index (χ0v) is 11.3. The maximum Gasteiger partial charge on any atom is 0.246 e. The molecule has 5 heteroatoms. The van der Waals surface area contributed by atoms with Crippen LogP contribution in [0.15, 0.2) is 23.3 Å². The molecular weight excluding hydrogens is 232 g/mol. The lowest BCUT2D eigenvalue weighted by Gasteiger charge is -2.07. The van der Waals surface area contributed by atoms with Crippen LogP contribution in [0, 0.1) is 0 Å². The summed E-state index contributed by atoms with van der Waals surface area (Å²) >= 11 is 0. The highest BCUT2D eigenvalue weighted by atomic mass is 16.5. The molecule has 0 aromatic heterocycles. The van der Waals surface area contributed by atoms with Gasteiger partial charge in [0.05, 0.1) is 6.61 Å². The lowest BCUT2D eigenvalue weighted by molar-refractivity contribution is -0.117. The van der Waals surface area contributed by atoms with Gasteiger partial charge in [0.15, 0.2) is 0 Å². The van der Waals surface area contributed by atoms with Crippen molar-refractivity contribution in [1.82, 2.24) is 5.32 Å². The Balaban J connectivity index is 3.70. The van der Waals surface area contributed by atoms with E-state index in [1.54, 1.807) is 13.8 Å². The van der Waals surface area contributed by atoms with Crippen molar-refractivity contribution in [2.75, 3.05) is 19.8 Å². The highest BCUT2D eigenvalue weighted by Gasteiger charge is 2.03. The van der Waals surface area contributed by atoms with E-state index in [9.17, 15) is 9.59 Å². The van der Waals surface area contributed by atoms with Crippen LogP contribution < -0.4 is 11.1 Å². The predicted octanol–water partition coefficient (Wildman–Crippen LogP) is 0.907. The first-order valence-electron chi connectivity index (χ1n) is 5.83. The Hall–Kier alpha value is -1.62. The first kappa shape index (κ1) is 16.4. The number of rotatable bonds is 8. The second kappa shape index (κ2) is 8.47. The minimum absolute atomic E-state index is 0.143. The van der Waals surface area contributed by atoms with Gasteiger partial charge < -0.3 is 15.8 Å². The van der Waals surface area contributed by atoms with Crippen LogP contribution in [-0.2, 0) is 14.3 Å². The van der Waals surface area contributed by atoms with E-state index >= 15 is 0 Å². The fraction of sp³-hybridized carbons (Fsp3) is 0.538. The molecule has 0 aliphatic heterocycles. The molecule has 0 rings (SSSR count). The van der Waals surface area contributed by atoms with Gasteiger partial charge in [-0.1, -0.05) is 6.58 Å². The van der Waals surface area contributed by atoms with Gasteiger partial charge in [0.1, 0.15) is 0 Å². The molecular formula is C13H22N2O3. The summed E-state index contributed by atoms with van der Waals surface area (Å²) in [5.41, 5.74) is 6.99. The molecule has 102 valence electrons. The molecule has 0 saturated heterocycles. The molecule has 0 atom stereocenters.